The standard InChI is InChI=1S/C24H27N5O6S/c1-33-13-12-27-23(31)20(14-4-8-16(34-2)9-5-14)29(15-6-10-17(35-3)11-7-15)24(32)21-18(25)19(22(26)30)28-36-21/h4-11,20H,12-13,25H2,1-3H3,(H2,26,30)(H,27,31)/t20-/m0/s1. The van der Waals surface area contributed by atoms with Crippen molar-refractivity contribution >= 4 is 40.6 Å². The number of amides is 3. The van der Waals surface area contributed by atoms with Crippen LogP contribution in [0.2, 0.25) is 0 Å². The Morgan fingerprint density at radius 3 is 2.08 bits per heavy atom. The number of ether oxygens (including phenoxy) is 3. The van der Waals surface area contributed by atoms with Crippen LogP contribution in [0.3, 0.4) is 0 Å². The van der Waals surface area contributed by atoms with Gasteiger partial charge in [0.1, 0.15) is 22.4 Å². The molecule has 1 aromatic heterocycles. The van der Waals surface area contributed by atoms with Crippen LogP contribution in [-0.4, -0.2) is 56.6 Å². The largest absolute Gasteiger partial charge is 0.497 e. The van der Waals surface area contributed by atoms with Crippen molar-refractivity contribution in [3.05, 3.63) is 64.7 Å². The summed E-state index contributed by atoms with van der Waals surface area (Å²) in [6.45, 7) is 0.502. The molecule has 1 atom stereocenters. The normalized spacial score (nSPS) is 11.4. The van der Waals surface area contributed by atoms with E-state index in [0.29, 0.717) is 22.7 Å². The van der Waals surface area contributed by atoms with E-state index < -0.39 is 23.8 Å². The number of primary amides is 1. The fourth-order valence-corrected chi connectivity index (χ4v) is 4.18. The number of hydrogen-bond donors (Lipinski definition) is 3. The molecule has 2 aromatic carbocycles. The predicted molar refractivity (Wildman–Crippen MR) is 135 cm³/mol. The third kappa shape index (κ3) is 5.73. The molecule has 36 heavy (non-hydrogen) atoms. The van der Waals surface area contributed by atoms with Crippen LogP contribution < -0.4 is 31.2 Å². The van der Waals surface area contributed by atoms with Crippen LogP contribution in [0.25, 0.3) is 0 Å². The van der Waals surface area contributed by atoms with E-state index in [2.05, 4.69) is 9.69 Å². The Balaban J connectivity index is 2.17. The minimum Gasteiger partial charge on any atom is -0.497 e. The molecule has 190 valence electrons. The summed E-state index contributed by atoms with van der Waals surface area (Å²) >= 11 is 0.732. The molecule has 1 heterocycles. The third-order valence-electron chi connectivity index (χ3n) is 5.27. The van der Waals surface area contributed by atoms with Crippen molar-refractivity contribution in [2.45, 2.75) is 6.04 Å². The molecule has 0 fully saturated rings. The zero-order valence-electron chi connectivity index (χ0n) is 20.0. The van der Waals surface area contributed by atoms with E-state index in [1.54, 1.807) is 48.5 Å². The fraction of sp³-hybridized carbons (Fsp3) is 0.250. The van der Waals surface area contributed by atoms with Gasteiger partial charge in [0, 0.05) is 19.3 Å². The van der Waals surface area contributed by atoms with Gasteiger partial charge in [0.25, 0.3) is 11.8 Å². The summed E-state index contributed by atoms with van der Waals surface area (Å²) < 4.78 is 19.5. The highest BCUT2D eigenvalue weighted by Crippen LogP contribution is 2.34. The van der Waals surface area contributed by atoms with E-state index in [9.17, 15) is 14.4 Å². The molecule has 3 aromatic rings. The Bertz CT molecular complexity index is 1210. The van der Waals surface area contributed by atoms with Crippen molar-refractivity contribution in [3.63, 3.8) is 0 Å². The smallest absolute Gasteiger partial charge is 0.273 e. The van der Waals surface area contributed by atoms with Gasteiger partial charge in [0.05, 0.1) is 26.5 Å². The van der Waals surface area contributed by atoms with E-state index >= 15 is 0 Å². The monoisotopic (exact) mass is 513 g/mol. The predicted octanol–water partition coefficient (Wildman–Crippen LogP) is 1.99. The van der Waals surface area contributed by atoms with Gasteiger partial charge < -0.3 is 31.0 Å². The van der Waals surface area contributed by atoms with Gasteiger partial charge >= 0.3 is 0 Å². The van der Waals surface area contributed by atoms with Gasteiger partial charge in [-0.15, -0.1) is 0 Å². The molecular formula is C24H27N5O6S. The van der Waals surface area contributed by atoms with Crippen LogP contribution in [0.15, 0.2) is 48.5 Å². The summed E-state index contributed by atoms with van der Waals surface area (Å²) in [5.74, 6) is -0.810. The highest BCUT2D eigenvalue weighted by atomic mass is 32.1. The van der Waals surface area contributed by atoms with Gasteiger partial charge in [-0.1, -0.05) is 12.1 Å². The van der Waals surface area contributed by atoms with Crippen molar-refractivity contribution in [1.82, 2.24) is 9.69 Å². The minimum absolute atomic E-state index is 0.0252. The second kappa shape index (κ2) is 12.0. The molecule has 0 bridgehead atoms. The summed E-state index contributed by atoms with van der Waals surface area (Å²) in [4.78, 5) is 40.4. The second-order valence-electron chi connectivity index (χ2n) is 7.47. The van der Waals surface area contributed by atoms with Gasteiger partial charge in [-0.25, -0.2) is 0 Å². The number of carbonyl (C=O) groups is 3. The zero-order chi connectivity index (χ0) is 26.2. The van der Waals surface area contributed by atoms with E-state index in [0.717, 1.165) is 11.5 Å². The second-order valence-corrected chi connectivity index (χ2v) is 8.24. The number of rotatable bonds is 11. The quantitative estimate of drug-likeness (QED) is 0.328. The average Bonchev–Trinajstić information content (AvgIpc) is 3.28. The molecule has 0 unspecified atom stereocenters. The van der Waals surface area contributed by atoms with Crippen LogP contribution in [0.4, 0.5) is 11.4 Å². The molecule has 0 saturated heterocycles. The minimum atomic E-state index is -1.12. The Morgan fingerprint density at radius 2 is 1.58 bits per heavy atom. The van der Waals surface area contributed by atoms with Crippen molar-refractivity contribution in [1.29, 1.82) is 0 Å². The number of aromatic nitrogens is 1. The van der Waals surface area contributed by atoms with Gasteiger partial charge in [0.15, 0.2) is 5.69 Å². The summed E-state index contributed by atoms with van der Waals surface area (Å²) in [7, 11) is 4.56. The number of hydrogen-bond acceptors (Lipinski definition) is 9. The maximum absolute atomic E-state index is 13.9. The first-order valence-corrected chi connectivity index (χ1v) is 11.5. The molecule has 0 radical (unpaired) electrons. The lowest BCUT2D eigenvalue weighted by Gasteiger charge is -2.31. The first-order chi connectivity index (χ1) is 17.3. The molecule has 0 spiro atoms. The molecule has 0 aliphatic rings. The maximum Gasteiger partial charge on any atom is 0.273 e. The van der Waals surface area contributed by atoms with Crippen LogP contribution >= 0.6 is 11.5 Å². The fourth-order valence-electron chi connectivity index (χ4n) is 3.44. The topological polar surface area (TPSA) is 159 Å². The van der Waals surface area contributed by atoms with Crippen molar-refractivity contribution < 1.29 is 28.6 Å². The highest BCUT2D eigenvalue weighted by Gasteiger charge is 2.36. The van der Waals surface area contributed by atoms with Gasteiger partial charge in [-0.2, -0.15) is 4.37 Å². The molecule has 3 amide bonds. The van der Waals surface area contributed by atoms with E-state index in [1.807, 2.05) is 0 Å². The van der Waals surface area contributed by atoms with Crippen LogP contribution in [0, 0.1) is 0 Å². The summed E-state index contributed by atoms with van der Waals surface area (Å²) in [6, 6.07) is 12.2. The molecule has 0 aliphatic carbocycles. The van der Waals surface area contributed by atoms with Gasteiger partial charge in [-0.05, 0) is 53.5 Å². The first-order valence-electron chi connectivity index (χ1n) is 10.8. The maximum atomic E-state index is 13.9. The van der Waals surface area contributed by atoms with Crippen molar-refractivity contribution in [3.8, 4) is 11.5 Å². The Labute approximate surface area is 212 Å². The summed E-state index contributed by atoms with van der Waals surface area (Å²) in [5.41, 5.74) is 11.9. The number of methoxy groups -OCH3 is 3. The highest BCUT2D eigenvalue weighted by molar-refractivity contribution is 7.09. The Hall–Kier alpha value is -4.16. The van der Waals surface area contributed by atoms with Crippen molar-refractivity contribution in [2.24, 2.45) is 5.73 Å². The molecule has 5 N–H and O–H groups in total. The molecule has 12 heteroatoms. The lowest BCUT2D eigenvalue weighted by atomic mass is 10.0. The number of anilines is 2. The first kappa shape index (κ1) is 26.4. The lowest BCUT2D eigenvalue weighted by Crippen LogP contribution is -2.44. The van der Waals surface area contributed by atoms with Crippen molar-refractivity contribution in [2.75, 3.05) is 45.1 Å². The van der Waals surface area contributed by atoms with Crippen LogP contribution in [0.1, 0.15) is 31.8 Å². The van der Waals surface area contributed by atoms with E-state index in [1.165, 1.54) is 26.2 Å². The molecule has 0 saturated carbocycles. The number of nitrogens with two attached hydrogens (primary N) is 2. The van der Waals surface area contributed by atoms with E-state index in [4.69, 9.17) is 25.7 Å². The average molecular weight is 514 g/mol. The van der Waals surface area contributed by atoms with Gasteiger partial charge in [-0.3, -0.25) is 19.3 Å². The number of benzene rings is 2. The van der Waals surface area contributed by atoms with Crippen LogP contribution in [-0.2, 0) is 9.53 Å². The van der Waals surface area contributed by atoms with Gasteiger partial charge in [0.2, 0.25) is 5.91 Å². The number of carbonyl (C=O) groups excluding carboxylic acids is 3. The Kier molecular flexibility index (Phi) is 8.81. The molecule has 0 aliphatic heterocycles. The summed E-state index contributed by atoms with van der Waals surface area (Å²) in [5, 5.41) is 2.80. The SMILES string of the molecule is COCCNC(=O)[C@H](c1ccc(OC)cc1)N(C(=O)c1snc(C(N)=O)c1N)c1ccc(OC)cc1. The lowest BCUT2D eigenvalue weighted by molar-refractivity contribution is -0.122. The molecule has 3 rings (SSSR count). The number of nitrogens with zero attached hydrogens (tertiary/aromatic N) is 2. The third-order valence-corrected chi connectivity index (χ3v) is 6.12. The van der Waals surface area contributed by atoms with E-state index in [-0.39, 0.29) is 29.4 Å². The van der Waals surface area contributed by atoms with Crippen LogP contribution in [0.5, 0.6) is 11.5 Å². The summed E-state index contributed by atoms with van der Waals surface area (Å²) in [6.07, 6.45) is 0. The molecular weight excluding hydrogens is 486 g/mol. The Morgan fingerprint density at radius 1 is 1.00 bits per heavy atom. The number of nitrogens with one attached hydrogen (secondary N) is 1. The zero-order valence-corrected chi connectivity index (χ0v) is 20.8. The molecule has 11 nitrogen and oxygen atoms in total. The number of nitrogen functional groups attached to an aromatic ring is 1.